The van der Waals surface area contributed by atoms with E-state index in [1.54, 1.807) is 31.2 Å². The topological polar surface area (TPSA) is 86.6 Å². The maximum atomic E-state index is 12.5. The molecule has 2 unspecified atom stereocenters. The third-order valence-electron chi connectivity index (χ3n) is 5.08. The van der Waals surface area contributed by atoms with E-state index >= 15 is 0 Å². The van der Waals surface area contributed by atoms with E-state index in [4.69, 9.17) is 14.2 Å². The van der Waals surface area contributed by atoms with E-state index in [-0.39, 0.29) is 25.1 Å². The predicted octanol–water partition coefficient (Wildman–Crippen LogP) is 6.94. The van der Waals surface area contributed by atoms with Crippen LogP contribution in [0.1, 0.15) is 46.5 Å². The van der Waals surface area contributed by atoms with Gasteiger partial charge in [-0.3, -0.25) is 9.59 Å². The van der Waals surface area contributed by atoms with Crippen LogP contribution in [0.4, 0.5) is 11.4 Å². The molecule has 0 aliphatic rings. The first-order chi connectivity index (χ1) is 16.4. The molecule has 2 rings (SSSR count). The van der Waals surface area contributed by atoms with Crippen molar-refractivity contribution < 1.29 is 23.8 Å². The van der Waals surface area contributed by atoms with Crippen LogP contribution < -0.4 is 4.74 Å². The first-order valence-electron chi connectivity index (χ1n) is 11.6. The average molecular weight is 533 g/mol. The molecule has 184 valence electrons. The molecule has 0 saturated carbocycles. The van der Waals surface area contributed by atoms with Gasteiger partial charge in [0.15, 0.2) is 0 Å². The number of alkyl halides is 1. The van der Waals surface area contributed by atoms with Gasteiger partial charge in [0.25, 0.3) is 0 Å². The summed E-state index contributed by atoms with van der Waals surface area (Å²) in [5.41, 5.74) is 1.48. The molecule has 2 aromatic carbocycles. The lowest BCUT2D eigenvalue weighted by molar-refractivity contribution is -0.151. The van der Waals surface area contributed by atoms with Gasteiger partial charge in [-0.1, -0.05) is 54.4 Å². The summed E-state index contributed by atoms with van der Waals surface area (Å²) in [5.74, 6) is -0.447. The highest BCUT2D eigenvalue weighted by molar-refractivity contribution is 9.10. The Hall–Kier alpha value is -2.74. The first-order valence-corrected chi connectivity index (χ1v) is 12.4. The fraction of sp³-hybridized carbons (Fsp3) is 0.462. The lowest BCUT2D eigenvalue weighted by atomic mass is 9.93. The number of benzene rings is 2. The molecule has 34 heavy (non-hydrogen) atoms. The quantitative estimate of drug-likeness (QED) is 0.114. The van der Waals surface area contributed by atoms with Crippen LogP contribution in [0.25, 0.3) is 0 Å². The van der Waals surface area contributed by atoms with E-state index in [9.17, 15) is 9.59 Å². The van der Waals surface area contributed by atoms with E-state index < -0.39 is 10.3 Å². The second kappa shape index (κ2) is 14.5. The fourth-order valence-electron chi connectivity index (χ4n) is 3.04. The van der Waals surface area contributed by atoms with Crippen molar-refractivity contribution in [2.24, 2.45) is 16.1 Å². The molecule has 0 radical (unpaired) electrons. The molecular weight excluding hydrogens is 500 g/mol. The number of rotatable bonds is 14. The summed E-state index contributed by atoms with van der Waals surface area (Å²) in [6, 6.07) is 16.7. The Labute approximate surface area is 210 Å². The SMILES string of the molecule is CCCCOC(=O)C(CC)CC(C)(Br)C(=O)OCCOc1ccc(N=Nc2ccccc2)cc1. The zero-order valence-electron chi connectivity index (χ0n) is 20.0. The van der Waals surface area contributed by atoms with Crippen molar-refractivity contribution in [3.05, 3.63) is 54.6 Å². The van der Waals surface area contributed by atoms with Gasteiger partial charge in [0.05, 0.1) is 23.9 Å². The average Bonchev–Trinajstić information content (AvgIpc) is 2.85. The van der Waals surface area contributed by atoms with Crippen molar-refractivity contribution in [1.29, 1.82) is 0 Å². The zero-order valence-corrected chi connectivity index (χ0v) is 21.6. The van der Waals surface area contributed by atoms with Gasteiger partial charge in [0, 0.05) is 0 Å². The Morgan fingerprint density at radius 2 is 1.56 bits per heavy atom. The number of azo groups is 1. The first kappa shape index (κ1) is 27.5. The molecule has 2 aromatic rings. The van der Waals surface area contributed by atoms with Crippen LogP contribution in [-0.2, 0) is 19.1 Å². The third kappa shape index (κ3) is 9.63. The lowest BCUT2D eigenvalue weighted by Crippen LogP contribution is -2.36. The molecule has 7 nitrogen and oxygen atoms in total. The van der Waals surface area contributed by atoms with Crippen LogP contribution in [0.2, 0.25) is 0 Å². The van der Waals surface area contributed by atoms with Gasteiger partial charge in [-0.2, -0.15) is 10.2 Å². The Morgan fingerprint density at radius 3 is 2.18 bits per heavy atom. The Kier molecular flexibility index (Phi) is 11.7. The number of hydrogen-bond donors (Lipinski definition) is 0. The maximum absolute atomic E-state index is 12.5. The number of unbranched alkanes of at least 4 members (excludes halogenated alkanes) is 1. The molecule has 0 fully saturated rings. The molecule has 0 amide bonds. The normalized spacial score (nSPS) is 13.8. The van der Waals surface area contributed by atoms with Gasteiger partial charge >= 0.3 is 11.9 Å². The Bertz CT molecular complexity index is 917. The fourth-order valence-corrected chi connectivity index (χ4v) is 3.54. The number of carbonyl (C=O) groups excluding carboxylic acids is 2. The standard InChI is InChI=1S/C26H33BrN2O5/c1-4-6-16-33-24(30)20(5-2)19-26(3,27)25(31)34-18-17-32-23-14-12-22(13-15-23)29-28-21-10-8-7-9-11-21/h7-15,20H,4-6,16-19H2,1-3H3. The maximum Gasteiger partial charge on any atom is 0.322 e. The minimum absolute atomic E-state index is 0.0905. The van der Waals surface area contributed by atoms with Crippen molar-refractivity contribution in [3.63, 3.8) is 0 Å². The highest BCUT2D eigenvalue weighted by Crippen LogP contribution is 2.30. The van der Waals surface area contributed by atoms with Gasteiger partial charge in [0.1, 0.15) is 23.3 Å². The van der Waals surface area contributed by atoms with Gasteiger partial charge in [0.2, 0.25) is 0 Å². The van der Waals surface area contributed by atoms with Gasteiger partial charge in [-0.05, 0) is 62.6 Å². The van der Waals surface area contributed by atoms with Crippen molar-refractivity contribution in [2.45, 2.75) is 50.8 Å². The number of hydrogen-bond acceptors (Lipinski definition) is 7. The summed E-state index contributed by atoms with van der Waals surface area (Å²) in [6.45, 7) is 6.35. The van der Waals surface area contributed by atoms with Gasteiger partial charge < -0.3 is 14.2 Å². The van der Waals surface area contributed by atoms with Crippen LogP contribution in [0.5, 0.6) is 5.75 Å². The van der Waals surface area contributed by atoms with Crippen molar-refractivity contribution in [3.8, 4) is 5.75 Å². The molecule has 0 heterocycles. The van der Waals surface area contributed by atoms with Crippen LogP contribution in [0, 0.1) is 5.92 Å². The van der Waals surface area contributed by atoms with Crippen molar-refractivity contribution in [1.82, 2.24) is 0 Å². The van der Waals surface area contributed by atoms with Crippen molar-refractivity contribution >= 4 is 39.2 Å². The molecule has 2 atom stereocenters. The molecule has 0 aliphatic heterocycles. The van der Waals surface area contributed by atoms with E-state index in [0.29, 0.717) is 30.9 Å². The van der Waals surface area contributed by atoms with Crippen molar-refractivity contribution in [2.75, 3.05) is 19.8 Å². The summed E-state index contributed by atoms with van der Waals surface area (Å²) < 4.78 is 15.3. The molecule has 0 saturated heterocycles. The summed E-state index contributed by atoms with van der Waals surface area (Å²) in [5, 5.41) is 8.36. The largest absolute Gasteiger partial charge is 0.490 e. The molecule has 0 spiro atoms. The predicted molar refractivity (Wildman–Crippen MR) is 135 cm³/mol. The summed E-state index contributed by atoms with van der Waals surface area (Å²) in [7, 11) is 0. The van der Waals surface area contributed by atoms with Crippen LogP contribution >= 0.6 is 15.9 Å². The number of esters is 2. The molecular formula is C26H33BrN2O5. The second-order valence-electron chi connectivity index (χ2n) is 8.04. The van der Waals surface area contributed by atoms with E-state index in [0.717, 1.165) is 18.5 Å². The Morgan fingerprint density at radius 1 is 0.912 bits per heavy atom. The highest BCUT2D eigenvalue weighted by Gasteiger charge is 2.37. The second-order valence-corrected chi connectivity index (χ2v) is 9.79. The summed E-state index contributed by atoms with van der Waals surface area (Å²) in [4.78, 5) is 24.8. The van der Waals surface area contributed by atoms with Gasteiger partial charge in [-0.25, -0.2) is 0 Å². The highest BCUT2D eigenvalue weighted by atomic mass is 79.9. The minimum Gasteiger partial charge on any atom is -0.490 e. The van der Waals surface area contributed by atoms with Crippen LogP contribution in [0.3, 0.4) is 0 Å². The Balaban J connectivity index is 1.75. The molecule has 0 aromatic heterocycles. The number of nitrogens with zero attached hydrogens (tertiary/aromatic N) is 2. The number of ether oxygens (including phenoxy) is 3. The zero-order chi connectivity index (χ0) is 24.8. The van der Waals surface area contributed by atoms with Gasteiger partial charge in [-0.15, -0.1) is 0 Å². The minimum atomic E-state index is -0.983. The summed E-state index contributed by atoms with van der Waals surface area (Å²) in [6.07, 6.45) is 2.67. The van der Waals surface area contributed by atoms with Crippen LogP contribution in [0.15, 0.2) is 64.8 Å². The van der Waals surface area contributed by atoms with E-state index in [1.165, 1.54) is 0 Å². The molecule has 8 heteroatoms. The van der Waals surface area contributed by atoms with Crippen LogP contribution in [-0.4, -0.2) is 36.1 Å². The smallest absolute Gasteiger partial charge is 0.322 e. The number of halogens is 1. The monoisotopic (exact) mass is 532 g/mol. The van der Waals surface area contributed by atoms with E-state index in [1.807, 2.05) is 44.2 Å². The summed E-state index contributed by atoms with van der Waals surface area (Å²) >= 11 is 3.43. The lowest BCUT2D eigenvalue weighted by Gasteiger charge is -2.25. The molecule has 0 N–H and O–H groups in total. The third-order valence-corrected chi connectivity index (χ3v) is 5.73. The molecule has 0 bridgehead atoms. The van der Waals surface area contributed by atoms with E-state index in [2.05, 4.69) is 26.2 Å². The number of carbonyl (C=O) groups is 2. The molecule has 0 aliphatic carbocycles.